The van der Waals surface area contributed by atoms with Gasteiger partial charge in [0.15, 0.2) is 11.5 Å². The number of aliphatic hydroxyl groups is 1. The van der Waals surface area contributed by atoms with Crippen LogP contribution < -0.4 is 9.47 Å². The Kier molecular flexibility index (Phi) is 2.33. The number of hydrogen-bond donors (Lipinski definition) is 1. The Morgan fingerprint density at radius 2 is 1.71 bits per heavy atom. The smallest absolute Gasteiger partial charge is 0.163 e. The van der Waals surface area contributed by atoms with Gasteiger partial charge in [-0.1, -0.05) is 0 Å². The number of aromatic nitrogens is 2. The molecule has 2 heterocycles. The molecule has 0 aliphatic carbocycles. The van der Waals surface area contributed by atoms with Crippen molar-refractivity contribution < 1.29 is 14.6 Å². The topological polar surface area (TPSA) is 64.5 Å². The van der Waals surface area contributed by atoms with E-state index in [1.807, 2.05) is 13.0 Å². The molecule has 0 amide bonds. The molecule has 1 aromatic carbocycles. The van der Waals surface area contributed by atoms with Crippen molar-refractivity contribution in [1.29, 1.82) is 0 Å². The first-order chi connectivity index (χ1) is 8.28. The summed E-state index contributed by atoms with van der Waals surface area (Å²) in [5, 5.41) is 9.16. The molecule has 0 fully saturated rings. The Morgan fingerprint density at radius 1 is 1.12 bits per heavy atom. The lowest BCUT2D eigenvalue weighted by Crippen LogP contribution is -2.15. The quantitative estimate of drug-likeness (QED) is 0.800. The average molecular weight is 232 g/mol. The highest BCUT2D eigenvalue weighted by Gasteiger charge is 2.14. The molecule has 88 valence electrons. The Hall–Kier alpha value is -1.88. The van der Waals surface area contributed by atoms with Gasteiger partial charge in [-0.15, -0.1) is 0 Å². The van der Waals surface area contributed by atoms with Gasteiger partial charge in [0.25, 0.3) is 0 Å². The standard InChI is InChI=1S/C12H12N2O3/c1-7-10(6-15)14-9-5-12-11(4-8(9)13-7)16-2-3-17-12/h4-5,15H,2-3,6H2,1H3. The van der Waals surface area contributed by atoms with Crippen LogP contribution in [0.1, 0.15) is 11.4 Å². The molecule has 2 aromatic rings. The van der Waals surface area contributed by atoms with Gasteiger partial charge in [-0.05, 0) is 6.92 Å². The van der Waals surface area contributed by atoms with Crippen LogP contribution in [-0.2, 0) is 6.61 Å². The van der Waals surface area contributed by atoms with Crippen LogP contribution in [0, 0.1) is 6.92 Å². The van der Waals surface area contributed by atoms with Crippen molar-refractivity contribution in [2.75, 3.05) is 13.2 Å². The third-order valence-corrected chi connectivity index (χ3v) is 2.75. The summed E-state index contributed by atoms with van der Waals surface area (Å²) in [5.74, 6) is 1.39. The first kappa shape index (κ1) is 10.3. The molecule has 1 N–H and O–H groups in total. The Morgan fingerprint density at radius 3 is 2.29 bits per heavy atom. The molecule has 1 aliphatic rings. The van der Waals surface area contributed by atoms with Crippen LogP contribution in [0.25, 0.3) is 11.0 Å². The van der Waals surface area contributed by atoms with E-state index in [4.69, 9.17) is 14.6 Å². The van der Waals surface area contributed by atoms with Crippen molar-refractivity contribution in [1.82, 2.24) is 9.97 Å². The van der Waals surface area contributed by atoms with Crippen LogP contribution in [0.2, 0.25) is 0 Å². The molecule has 17 heavy (non-hydrogen) atoms. The average Bonchev–Trinajstić information content (AvgIpc) is 2.35. The molecule has 0 unspecified atom stereocenters. The van der Waals surface area contributed by atoms with Gasteiger partial charge in [-0.3, -0.25) is 0 Å². The molecular formula is C12H12N2O3. The number of fused-ring (bicyclic) bond motifs is 2. The van der Waals surface area contributed by atoms with Gasteiger partial charge in [-0.2, -0.15) is 0 Å². The summed E-state index contributed by atoms with van der Waals surface area (Å²) in [4.78, 5) is 8.75. The predicted molar refractivity (Wildman–Crippen MR) is 61.2 cm³/mol. The largest absolute Gasteiger partial charge is 0.486 e. The number of ether oxygens (including phenoxy) is 2. The number of aliphatic hydroxyl groups excluding tert-OH is 1. The van der Waals surface area contributed by atoms with Gasteiger partial charge in [0.1, 0.15) is 13.2 Å². The number of hydrogen-bond acceptors (Lipinski definition) is 5. The fourth-order valence-corrected chi connectivity index (χ4v) is 1.87. The van der Waals surface area contributed by atoms with Crippen LogP contribution in [-0.4, -0.2) is 28.3 Å². The minimum absolute atomic E-state index is 0.108. The van der Waals surface area contributed by atoms with Crippen molar-refractivity contribution in [3.05, 3.63) is 23.5 Å². The molecule has 0 radical (unpaired) electrons. The fraction of sp³-hybridized carbons (Fsp3) is 0.333. The molecule has 0 bridgehead atoms. The van der Waals surface area contributed by atoms with Crippen molar-refractivity contribution in [2.45, 2.75) is 13.5 Å². The summed E-state index contributed by atoms with van der Waals surface area (Å²) >= 11 is 0. The monoisotopic (exact) mass is 232 g/mol. The highest BCUT2D eigenvalue weighted by atomic mass is 16.6. The molecule has 1 aliphatic heterocycles. The summed E-state index contributed by atoms with van der Waals surface area (Å²) in [5.41, 5.74) is 2.79. The van der Waals surface area contributed by atoms with Crippen LogP contribution in [0.15, 0.2) is 12.1 Å². The third-order valence-electron chi connectivity index (χ3n) is 2.75. The minimum atomic E-state index is -0.108. The molecule has 0 atom stereocenters. The zero-order chi connectivity index (χ0) is 11.8. The Labute approximate surface area is 98.0 Å². The second kappa shape index (κ2) is 3.85. The zero-order valence-electron chi connectivity index (χ0n) is 9.43. The van der Waals surface area contributed by atoms with Gasteiger partial charge in [0.05, 0.1) is 29.0 Å². The van der Waals surface area contributed by atoms with Crippen LogP contribution in [0.5, 0.6) is 11.5 Å². The Balaban J connectivity index is 2.23. The molecular weight excluding hydrogens is 220 g/mol. The second-order valence-corrected chi connectivity index (χ2v) is 3.90. The molecule has 5 heteroatoms. The lowest BCUT2D eigenvalue weighted by molar-refractivity contribution is 0.172. The van der Waals surface area contributed by atoms with E-state index in [9.17, 15) is 0 Å². The molecule has 3 rings (SSSR count). The fourth-order valence-electron chi connectivity index (χ4n) is 1.87. The van der Waals surface area contributed by atoms with Gasteiger partial charge in [-0.25, -0.2) is 9.97 Å². The first-order valence-corrected chi connectivity index (χ1v) is 5.45. The molecule has 0 spiro atoms. The number of benzene rings is 1. The minimum Gasteiger partial charge on any atom is -0.486 e. The van der Waals surface area contributed by atoms with E-state index < -0.39 is 0 Å². The van der Waals surface area contributed by atoms with E-state index in [1.54, 1.807) is 6.07 Å². The van der Waals surface area contributed by atoms with E-state index in [1.165, 1.54) is 0 Å². The van der Waals surface area contributed by atoms with Gasteiger partial charge in [0, 0.05) is 12.1 Å². The van der Waals surface area contributed by atoms with Gasteiger partial charge >= 0.3 is 0 Å². The van der Waals surface area contributed by atoms with E-state index in [0.29, 0.717) is 35.9 Å². The maximum atomic E-state index is 9.16. The maximum Gasteiger partial charge on any atom is 0.163 e. The lowest BCUT2D eigenvalue weighted by Gasteiger charge is -2.18. The molecule has 5 nitrogen and oxygen atoms in total. The summed E-state index contributed by atoms with van der Waals surface area (Å²) in [6, 6.07) is 3.63. The maximum absolute atomic E-state index is 9.16. The number of nitrogens with zero attached hydrogens (tertiary/aromatic N) is 2. The highest BCUT2D eigenvalue weighted by molar-refractivity contribution is 5.79. The highest BCUT2D eigenvalue weighted by Crippen LogP contribution is 2.33. The summed E-state index contributed by atoms with van der Waals surface area (Å²) in [6.45, 7) is 2.82. The van der Waals surface area contributed by atoms with Gasteiger partial charge < -0.3 is 14.6 Å². The molecule has 1 aromatic heterocycles. The number of aryl methyl sites for hydroxylation is 1. The molecule has 0 saturated carbocycles. The van der Waals surface area contributed by atoms with E-state index in [2.05, 4.69) is 9.97 Å². The van der Waals surface area contributed by atoms with Crippen molar-refractivity contribution >= 4 is 11.0 Å². The molecule has 0 saturated heterocycles. The summed E-state index contributed by atoms with van der Waals surface area (Å²) in [7, 11) is 0. The zero-order valence-corrected chi connectivity index (χ0v) is 9.43. The first-order valence-electron chi connectivity index (χ1n) is 5.45. The Bertz CT molecular complexity index is 583. The number of rotatable bonds is 1. The van der Waals surface area contributed by atoms with E-state index in [-0.39, 0.29) is 6.61 Å². The van der Waals surface area contributed by atoms with Crippen molar-refractivity contribution in [2.24, 2.45) is 0 Å². The van der Waals surface area contributed by atoms with Gasteiger partial charge in [0.2, 0.25) is 0 Å². The third kappa shape index (κ3) is 1.68. The summed E-state index contributed by atoms with van der Waals surface area (Å²) < 4.78 is 11.0. The predicted octanol–water partition coefficient (Wildman–Crippen LogP) is 1.20. The summed E-state index contributed by atoms with van der Waals surface area (Å²) in [6.07, 6.45) is 0. The SMILES string of the molecule is Cc1nc2cc3c(cc2nc1CO)OCCO3. The second-order valence-electron chi connectivity index (χ2n) is 3.90. The van der Waals surface area contributed by atoms with Crippen molar-refractivity contribution in [3.8, 4) is 11.5 Å². The van der Waals surface area contributed by atoms with E-state index in [0.717, 1.165) is 11.2 Å². The van der Waals surface area contributed by atoms with Crippen LogP contribution >= 0.6 is 0 Å². The lowest BCUT2D eigenvalue weighted by atomic mass is 10.2. The van der Waals surface area contributed by atoms with Crippen molar-refractivity contribution in [3.63, 3.8) is 0 Å². The normalized spacial score (nSPS) is 14.0. The van der Waals surface area contributed by atoms with E-state index >= 15 is 0 Å². The van der Waals surface area contributed by atoms with Crippen LogP contribution in [0.4, 0.5) is 0 Å². The van der Waals surface area contributed by atoms with Crippen LogP contribution in [0.3, 0.4) is 0 Å².